The summed E-state index contributed by atoms with van der Waals surface area (Å²) in [6.45, 7) is 8.60. The van der Waals surface area contributed by atoms with Gasteiger partial charge in [-0.3, -0.25) is 4.79 Å². The lowest BCUT2D eigenvalue weighted by molar-refractivity contribution is -0.115. The Bertz CT molecular complexity index is 388. The smallest absolute Gasteiger partial charge is 0.238 e. The van der Waals surface area contributed by atoms with Crippen LogP contribution in [-0.4, -0.2) is 18.5 Å². The molecule has 0 radical (unpaired) electrons. The molecule has 1 atom stereocenters. The summed E-state index contributed by atoms with van der Waals surface area (Å²) in [5.41, 5.74) is 3.23. The van der Waals surface area contributed by atoms with Crippen molar-refractivity contribution in [2.24, 2.45) is 0 Å². The van der Waals surface area contributed by atoms with Gasteiger partial charge in [-0.15, -0.1) is 0 Å². The monoisotopic (exact) mass is 234 g/mol. The van der Waals surface area contributed by atoms with E-state index in [2.05, 4.69) is 24.5 Å². The van der Waals surface area contributed by atoms with Crippen molar-refractivity contribution < 1.29 is 4.79 Å². The van der Waals surface area contributed by atoms with E-state index in [1.54, 1.807) is 0 Å². The minimum Gasteiger partial charge on any atom is -0.325 e. The molecule has 0 aliphatic rings. The van der Waals surface area contributed by atoms with Crippen molar-refractivity contribution >= 4 is 11.6 Å². The lowest BCUT2D eigenvalue weighted by Gasteiger charge is -2.13. The number of rotatable bonds is 5. The molecule has 17 heavy (non-hydrogen) atoms. The molecule has 2 N–H and O–H groups in total. The first kappa shape index (κ1) is 13.7. The fourth-order valence-corrected chi connectivity index (χ4v) is 1.49. The van der Waals surface area contributed by atoms with Crippen molar-refractivity contribution in [3.8, 4) is 0 Å². The SMILES string of the molecule is CC[C@H](C)NCC(=O)Nc1cccc(C)c1C. The fraction of sp³-hybridized carbons (Fsp3) is 0.500. The Balaban J connectivity index is 2.54. The first-order valence-electron chi connectivity index (χ1n) is 6.14. The second kappa shape index (κ2) is 6.40. The Kier molecular flexibility index (Phi) is 5.16. The van der Waals surface area contributed by atoms with E-state index in [0.717, 1.165) is 17.7 Å². The van der Waals surface area contributed by atoms with Crippen LogP contribution in [0, 0.1) is 13.8 Å². The molecule has 0 bridgehead atoms. The standard InChI is InChI=1S/C14H22N2O/c1-5-11(3)15-9-14(17)16-13-8-6-7-10(2)12(13)4/h6-8,11,15H,5,9H2,1-4H3,(H,16,17)/t11-/m0/s1. The van der Waals surface area contributed by atoms with Crippen LogP contribution in [0.4, 0.5) is 5.69 Å². The highest BCUT2D eigenvalue weighted by molar-refractivity contribution is 5.93. The minimum atomic E-state index is 0.0130. The van der Waals surface area contributed by atoms with E-state index in [1.807, 2.05) is 32.0 Å². The minimum absolute atomic E-state index is 0.0130. The number of carbonyl (C=O) groups is 1. The van der Waals surface area contributed by atoms with Gasteiger partial charge in [-0.05, 0) is 44.4 Å². The fourth-order valence-electron chi connectivity index (χ4n) is 1.49. The van der Waals surface area contributed by atoms with Gasteiger partial charge in [0.25, 0.3) is 0 Å². The number of hydrogen-bond donors (Lipinski definition) is 2. The summed E-state index contributed by atoms with van der Waals surface area (Å²) in [5, 5.41) is 6.10. The summed E-state index contributed by atoms with van der Waals surface area (Å²) in [6, 6.07) is 6.31. The molecule has 1 amide bonds. The molecular formula is C14H22N2O. The third-order valence-corrected chi connectivity index (χ3v) is 3.10. The highest BCUT2D eigenvalue weighted by atomic mass is 16.1. The molecule has 0 aliphatic heterocycles. The van der Waals surface area contributed by atoms with Gasteiger partial charge < -0.3 is 10.6 Å². The Morgan fingerprint density at radius 3 is 2.71 bits per heavy atom. The normalized spacial score (nSPS) is 12.2. The summed E-state index contributed by atoms with van der Waals surface area (Å²) in [6.07, 6.45) is 1.02. The van der Waals surface area contributed by atoms with Crippen molar-refractivity contribution in [3.05, 3.63) is 29.3 Å². The quantitative estimate of drug-likeness (QED) is 0.822. The highest BCUT2D eigenvalue weighted by Gasteiger charge is 2.06. The maximum absolute atomic E-state index is 11.7. The third-order valence-electron chi connectivity index (χ3n) is 3.10. The molecule has 0 saturated heterocycles. The average Bonchev–Trinajstić information content (AvgIpc) is 2.32. The van der Waals surface area contributed by atoms with Gasteiger partial charge in [0.2, 0.25) is 5.91 Å². The summed E-state index contributed by atoms with van der Waals surface area (Å²) < 4.78 is 0. The number of hydrogen-bond acceptors (Lipinski definition) is 2. The Morgan fingerprint density at radius 2 is 2.06 bits per heavy atom. The van der Waals surface area contributed by atoms with E-state index in [4.69, 9.17) is 0 Å². The first-order chi connectivity index (χ1) is 8.04. The van der Waals surface area contributed by atoms with Crippen LogP contribution in [0.25, 0.3) is 0 Å². The Morgan fingerprint density at radius 1 is 1.35 bits per heavy atom. The molecule has 0 fully saturated rings. The summed E-state index contributed by atoms with van der Waals surface area (Å²) in [4.78, 5) is 11.7. The van der Waals surface area contributed by atoms with Crippen molar-refractivity contribution in [2.45, 2.75) is 40.2 Å². The number of benzene rings is 1. The van der Waals surface area contributed by atoms with E-state index >= 15 is 0 Å². The van der Waals surface area contributed by atoms with Gasteiger partial charge in [-0.2, -0.15) is 0 Å². The number of nitrogens with one attached hydrogen (secondary N) is 2. The van der Waals surface area contributed by atoms with E-state index in [-0.39, 0.29) is 5.91 Å². The van der Waals surface area contributed by atoms with E-state index in [1.165, 1.54) is 5.56 Å². The Hall–Kier alpha value is -1.35. The second-order valence-electron chi connectivity index (χ2n) is 4.49. The first-order valence-corrected chi connectivity index (χ1v) is 6.14. The van der Waals surface area contributed by atoms with Crippen LogP contribution in [0.5, 0.6) is 0 Å². The molecule has 3 heteroatoms. The van der Waals surface area contributed by atoms with Crippen LogP contribution in [-0.2, 0) is 4.79 Å². The van der Waals surface area contributed by atoms with Gasteiger partial charge in [0.15, 0.2) is 0 Å². The molecule has 3 nitrogen and oxygen atoms in total. The van der Waals surface area contributed by atoms with Crippen LogP contribution in [0.1, 0.15) is 31.4 Å². The number of carbonyl (C=O) groups excluding carboxylic acids is 1. The Labute approximate surface area is 104 Å². The van der Waals surface area contributed by atoms with E-state index < -0.39 is 0 Å². The molecule has 0 spiro atoms. The number of amides is 1. The van der Waals surface area contributed by atoms with E-state index in [0.29, 0.717) is 12.6 Å². The molecular weight excluding hydrogens is 212 g/mol. The van der Waals surface area contributed by atoms with E-state index in [9.17, 15) is 4.79 Å². The van der Waals surface area contributed by atoms with Gasteiger partial charge in [0.1, 0.15) is 0 Å². The zero-order valence-corrected chi connectivity index (χ0v) is 11.1. The molecule has 0 unspecified atom stereocenters. The molecule has 1 rings (SSSR count). The third kappa shape index (κ3) is 4.19. The topological polar surface area (TPSA) is 41.1 Å². The van der Waals surface area contributed by atoms with Gasteiger partial charge >= 0.3 is 0 Å². The summed E-state index contributed by atoms with van der Waals surface area (Å²) >= 11 is 0. The largest absolute Gasteiger partial charge is 0.325 e. The zero-order chi connectivity index (χ0) is 12.8. The van der Waals surface area contributed by atoms with Crippen molar-refractivity contribution in [1.82, 2.24) is 5.32 Å². The van der Waals surface area contributed by atoms with Crippen molar-refractivity contribution in [2.75, 3.05) is 11.9 Å². The van der Waals surface area contributed by atoms with Crippen LogP contribution in [0.15, 0.2) is 18.2 Å². The number of anilines is 1. The predicted molar refractivity (Wildman–Crippen MR) is 72.3 cm³/mol. The lowest BCUT2D eigenvalue weighted by Crippen LogP contribution is -2.34. The molecule has 94 valence electrons. The van der Waals surface area contributed by atoms with Crippen molar-refractivity contribution in [3.63, 3.8) is 0 Å². The summed E-state index contributed by atoms with van der Waals surface area (Å²) in [7, 11) is 0. The van der Waals surface area contributed by atoms with Crippen LogP contribution in [0.2, 0.25) is 0 Å². The zero-order valence-electron chi connectivity index (χ0n) is 11.1. The maximum atomic E-state index is 11.7. The van der Waals surface area contributed by atoms with Crippen LogP contribution >= 0.6 is 0 Å². The maximum Gasteiger partial charge on any atom is 0.238 e. The molecule has 1 aromatic carbocycles. The van der Waals surface area contributed by atoms with Gasteiger partial charge in [-0.25, -0.2) is 0 Å². The summed E-state index contributed by atoms with van der Waals surface area (Å²) in [5.74, 6) is 0.0130. The highest BCUT2D eigenvalue weighted by Crippen LogP contribution is 2.17. The lowest BCUT2D eigenvalue weighted by atomic mass is 10.1. The predicted octanol–water partition coefficient (Wildman–Crippen LogP) is 2.63. The van der Waals surface area contributed by atoms with Gasteiger partial charge in [-0.1, -0.05) is 19.1 Å². The van der Waals surface area contributed by atoms with Gasteiger partial charge in [0, 0.05) is 11.7 Å². The molecule has 0 aliphatic carbocycles. The molecule has 1 aromatic rings. The van der Waals surface area contributed by atoms with Crippen molar-refractivity contribution in [1.29, 1.82) is 0 Å². The molecule has 0 heterocycles. The molecule has 0 aromatic heterocycles. The number of aryl methyl sites for hydroxylation is 1. The second-order valence-corrected chi connectivity index (χ2v) is 4.49. The molecule has 0 saturated carbocycles. The van der Waals surface area contributed by atoms with Gasteiger partial charge in [0.05, 0.1) is 6.54 Å². The van der Waals surface area contributed by atoms with Crippen LogP contribution in [0.3, 0.4) is 0 Å². The van der Waals surface area contributed by atoms with Crippen LogP contribution < -0.4 is 10.6 Å². The average molecular weight is 234 g/mol.